The Kier molecular flexibility index (Phi) is 5.79. The molecular weight excluding hydrogens is 247 g/mol. The second-order valence-corrected chi connectivity index (χ2v) is 5.48. The number of aliphatic hydroxyl groups excluding tert-OH is 2. The number of ether oxygens (including phenoxy) is 1. The first-order valence-corrected chi connectivity index (χ1v) is 7.21. The summed E-state index contributed by atoms with van der Waals surface area (Å²) < 4.78 is 27.1. The van der Waals surface area contributed by atoms with E-state index in [0.717, 1.165) is 0 Å². The zero-order valence-corrected chi connectivity index (χ0v) is 10.9. The summed E-state index contributed by atoms with van der Waals surface area (Å²) in [7, 11) is -3.24. The van der Waals surface area contributed by atoms with Crippen LogP contribution in [-0.4, -0.2) is 41.9 Å². The van der Waals surface area contributed by atoms with Gasteiger partial charge in [0.25, 0.3) is 0 Å². The molecule has 0 bridgehead atoms. The van der Waals surface area contributed by atoms with Crippen molar-refractivity contribution in [2.45, 2.75) is 38.8 Å². The van der Waals surface area contributed by atoms with E-state index in [2.05, 4.69) is 0 Å². The maximum atomic E-state index is 12.0. The van der Waals surface area contributed by atoms with E-state index in [9.17, 15) is 9.67 Å². The van der Waals surface area contributed by atoms with Crippen molar-refractivity contribution in [1.29, 1.82) is 0 Å². The molecule has 6 nitrogen and oxygen atoms in total. The summed E-state index contributed by atoms with van der Waals surface area (Å²) in [4.78, 5) is 0. The van der Waals surface area contributed by atoms with Crippen LogP contribution in [0.15, 0.2) is 11.9 Å². The Morgan fingerprint density at radius 3 is 2.35 bits per heavy atom. The number of rotatable bonds is 6. The fourth-order valence-corrected chi connectivity index (χ4v) is 2.86. The molecule has 0 spiro atoms. The molecule has 3 unspecified atom stereocenters. The van der Waals surface area contributed by atoms with Crippen molar-refractivity contribution in [2.75, 3.05) is 13.2 Å². The van der Waals surface area contributed by atoms with E-state index in [4.69, 9.17) is 18.9 Å². The minimum atomic E-state index is -3.24. The highest BCUT2D eigenvalue weighted by Crippen LogP contribution is 2.49. The van der Waals surface area contributed by atoms with E-state index < -0.39 is 26.1 Å². The van der Waals surface area contributed by atoms with Crippen molar-refractivity contribution in [3.8, 4) is 0 Å². The van der Waals surface area contributed by atoms with Crippen LogP contribution in [0.3, 0.4) is 0 Å². The second kappa shape index (κ2) is 6.64. The second-order valence-electron chi connectivity index (χ2n) is 3.59. The summed E-state index contributed by atoms with van der Waals surface area (Å²) in [6, 6.07) is 0. The molecule has 0 aromatic heterocycles. The van der Waals surface area contributed by atoms with Gasteiger partial charge in [0, 0.05) is 12.2 Å². The molecule has 1 rings (SSSR count). The Bertz CT molecular complexity index is 285. The van der Waals surface area contributed by atoms with Crippen LogP contribution in [0.2, 0.25) is 0 Å². The van der Waals surface area contributed by atoms with Gasteiger partial charge in [-0.2, -0.15) is 0 Å². The molecule has 3 atom stereocenters. The lowest BCUT2D eigenvalue weighted by Gasteiger charge is -2.13. The number of hydrogen-bond acceptors (Lipinski definition) is 6. The smallest absolute Gasteiger partial charge is 0.353 e. The molecule has 2 N–H and O–H groups in total. The van der Waals surface area contributed by atoms with E-state index in [-0.39, 0.29) is 19.6 Å². The normalized spacial score (nSPS) is 30.2. The lowest BCUT2D eigenvalue weighted by Crippen LogP contribution is -2.19. The lowest BCUT2D eigenvalue weighted by molar-refractivity contribution is -0.119. The lowest BCUT2D eigenvalue weighted by atomic mass is 10.2. The Hall–Kier alpha value is -0.230. The molecular formula is C10H19O6P. The number of aliphatic hydroxyl groups is 2. The van der Waals surface area contributed by atoms with E-state index in [1.807, 2.05) is 0 Å². The van der Waals surface area contributed by atoms with Crippen molar-refractivity contribution >= 4 is 7.60 Å². The molecule has 100 valence electrons. The van der Waals surface area contributed by atoms with Crippen molar-refractivity contribution in [1.82, 2.24) is 0 Å². The van der Waals surface area contributed by atoms with Crippen LogP contribution in [-0.2, 0) is 18.3 Å². The summed E-state index contributed by atoms with van der Waals surface area (Å²) in [5, 5.41) is 18.4. The zero-order valence-electron chi connectivity index (χ0n) is 9.98. The molecule has 0 saturated carbocycles. The van der Waals surface area contributed by atoms with Gasteiger partial charge in [0.15, 0.2) is 6.29 Å². The van der Waals surface area contributed by atoms with E-state index in [1.165, 1.54) is 11.9 Å². The zero-order chi connectivity index (χ0) is 12.9. The summed E-state index contributed by atoms with van der Waals surface area (Å²) in [5.41, 5.74) is 0. The van der Waals surface area contributed by atoms with Gasteiger partial charge in [-0.1, -0.05) is 0 Å². The SMILES string of the molecule is CCOP(=O)(/C=C/C1CC(O)C(O)O1)OCC. The molecule has 1 saturated heterocycles. The molecule has 0 aromatic carbocycles. The first-order chi connectivity index (χ1) is 8.00. The third-order valence-corrected chi connectivity index (χ3v) is 3.99. The third-order valence-electron chi connectivity index (χ3n) is 2.22. The minimum Gasteiger partial charge on any atom is -0.388 e. The van der Waals surface area contributed by atoms with Crippen LogP contribution in [0.1, 0.15) is 20.3 Å². The molecule has 0 aromatic rings. The van der Waals surface area contributed by atoms with E-state index >= 15 is 0 Å². The summed E-state index contributed by atoms with van der Waals surface area (Å²) >= 11 is 0. The monoisotopic (exact) mass is 266 g/mol. The van der Waals surface area contributed by atoms with Crippen molar-refractivity contribution < 1.29 is 28.6 Å². The van der Waals surface area contributed by atoms with Gasteiger partial charge in [0.05, 0.1) is 19.3 Å². The van der Waals surface area contributed by atoms with E-state index in [0.29, 0.717) is 0 Å². The first kappa shape index (κ1) is 14.8. The van der Waals surface area contributed by atoms with Crippen LogP contribution < -0.4 is 0 Å². The first-order valence-electron chi connectivity index (χ1n) is 5.60. The topological polar surface area (TPSA) is 85.2 Å². The average Bonchev–Trinajstić information content (AvgIpc) is 2.57. The van der Waals surface area contributed by atoms with Crippen LogP contribution in [0.5, 0.6) is 0 Å². The van der Waals surface area contributed by atoms with Gasteiger partial charge in [-0.05, 0) is 19.9 Å². The standard InChI is InChI=1S/C10H19O6P/c1-3-14-17(13,15-4-2)6-5-8-7-9(11)10(12)16-8/h5-6,8-12H,3-4,7H2,1-2H3/b6-5+. The van der Waals surface area contributed by atoms with Crippen molar-refractivity contribution in [3.63, 3.8) is 0 Å². The maximum Gasteiger partial charge on any atom is 0.353 e. The fourth-order valence-electron chi connectivity index (χ4n) is 1.49. The Morgan fingerprint density at radius 1 is 1.35 bits per heavy atom. The Balaban J connectivity index is 2.58. The van der Waals surface area contributed by atoms with Gasteiger partial charge < -0.3 is 24.0 Å². The highest BCUT2D eigenvalue weighted by molar-refractivity contribution is 7.57. The maximum absolute atomic E-state index is 12.0. The molecule has 1 aliphatic rings. The average molecular weight is 266 g/mol. The molecule has 1 fully saturated rings. The van der Waals surface area contributed by atoms with Crippen LogP contribution >= 0.6 is 7.60 Å². The molecule has 17 heavy (non-hydrogen) atoms. The highest BCUT2D eigenvalue weighted by Gasteiger charge is 2.31. The number of hydrogen-bond donors (Lipinski definition) is 2. The molecule has 1 heterocycles. The van der Waals surface area contributed by atoms with Gasteiger partial charge in [0.2, 0.25) is 0 Å². The van der Waals surface area contributed by atoms with Crippen molar-refractivity contribution in [2.24, 2.45) is 0 Å². The molecule has 1 aliphatic heterocycles. The third kappa shape index (κ3) is 4.50. The molecule has 7 heteroatoms. The predicted molar refractivity (Wildman–Crippen MR) is 61.5 cm³/mol. The minimum absolute atomic E-state index is 0.260. The van der Waals surface area contributed by atoms with Gasteiger partial charge >= 0.3 is 7.60 Å². The van der Waals surface area contributed by atoms with Crippen LogP contribution in [0.25, 0.3) is 0 Å². The van der Waals surface area contributed by atoms with E-state index in [1.54, 1.807) is 13.8 Å². The van der Waals surface area contributed by atoms with Gasteiger partial charge in [-0.25, -0.2) is 0 Å². The largest absolute Gasteiger partial charge is 0.388 e. The van der Waals surface area contributed by atoms with Gasteiger partial charge in [-0.15, -0.1) is 0 Å². The molecule has 0 amide bonds. The van der Waals surface area contributed by atoms with Crippen molar-refractivity contribution in [3.05, 3.63) is 11.9 Å². The predicted octanol–water partition coefficient (Wildman–Crippen LogP) is 1.23. The highest BCUT2D eigenvalue weighted by atomic mass is 31.2. The molecule has 0 radical (unpaired) electrons. The Labute approximate surface area is 101 Å². The van der Waals surface area contributed by atoms with Crippen LogP contribution in [0.4, 0.5) is 0 Å². The molecule has 0 aliphatic carbocycles. The summed E-state index contributed by atoms with van der Waals surface area (Å²) in [5.74, 6) is 1.31. The fraction of sp³-hybridized carbons (Fsp3) is 0.800. The van der Waals surface area contributed by atoms with Gasteiger partial charge in [0.1, 0.15) is 6.10 Å². The summed E-state index contributed by atoms with van der Waals surface area (Å²) in [6.45, 7) is 3.99. The quantitative estimate of drug-likeness (QED) is 0.703. The van der Waals surface area contributed by atoms with Gasteiger partial charge in [-0.3, -0.25) is 4.57 Å². The van der Waals surface area contributed by atoms with Crippen LogP contribution in [0, 0.1) is 0 Å². The Morgan fingerprint density at radius 2 is 1.94 bits per heavy atom. The summed E-state index contributed by atoms with van der Waals surface area (Å²) in [6.07, 6.45) is -0.831.